The highest BCUT2D eigenvalue weighted by atomic mass is 32.2. The molecule has 11 aromatic rings. The second-order valence-electron chi connectivity index (χ2n) is 16.6. The third kappa shape index (κ3) is 5.59. The molecule has 3 heterocycles. The topological polar surface area (TPSA) is 38.7 Å². The molecule has 0 bridgehead atoms. The highest BCUT2D eigenvalue weighted by molar-refractivity contribution is 7.99. The average molecular weight is 832 g/mol. The van der Waals surface area contributed by atoms with Crippen molar-refractivity contribution < 1.29 is 0 Å². The quantitative estimate of drug-likeness (QED) is 0.162. The van der Waals surface area contributed by atoms with Gasteiger partial charge in [0.25, 0.3) is 0 Å². The Morgan fingerprint density at radius 3 is 1.59 bits per heavy atom. The Morgan fingerprint density at radius 1 is 0.344 bits per heavy atom. The molecular weight excluding hydrogens is 795 g/mol. The van der Waals surface area contributed by atoms with Gasteiger partial charge in [0, 0.05) is 48.2 Å². The molecule has 0 N–H and O–H groups in total. The summed E-state index contributed by atoms with van der Waals surface area (Å²) in [6.07, 6.45) is 0. The minimum Gasteiger partial charge on any atom is -0.247 e. The molecule has 1 aliphatic carbocycles. The van der Waals surface area contributed by atoms with E-state index in [4.69, 9.17) is 15.0 Å². The highest BCUT2D eigenvalue weighted by Crippen LogP contribution is 2.63. The van der Waals surface area contributed by atoms with Gasteiger partial charge in [-0.1, -0.05) is 206 Å². The molecule has 1 aliphatic heterocycles. The summed E-state index contributed by atoms with van der Waals surface area (Å²) in [5.41, 5.74) is 17.3. The number of benzene rings is 9. The lowest BCUT2D eigenvalue weighted by Gasteiger charge is -2.39. The van der Waals surface area contributed by atoms with E-state index in [2.05, 4.69) is 206 Å². The summed E-state index contributed by atoms with van der Waals surface area (Å²) in [6, 6.07) is 80.8. The first-order valence-electron chi connectivity index (χ1n) is 21.8. The van der Waals surface area contributed by atoms with Gasteiger partial charge in [-0.2, -0.15) is 0 Å². The zero-order valence-electron chi connectivity index (χ0n) is 34.6. The van der Waals surface area contributed by atoms with Crippen molar-refractivity contribution in [3.8, 4) is 67.4 Å². The van der Waals surface area contributed by atoms with Crippen LogP contribution in [0, 0.1) is 0 Å². The van der Waals surface area contributed by atoms with E-state index in [1.165, 1.54) is 54.1 Å². The second kappa shape index (κ2) is 14.6. The Bertz CT molecular complexity index is 3590. The Labute approximate surface area is 375 Å². The van der Waals surface area contributed by atoms with E-state index in [1.54, 1.807) is 0 Å². The lowest BCUT2D eigenvalue weighted by molar-refractivity contribution is 0.723. The molecule has 64 heavy (non-hydrogen) atoms. The maximum absolute atomic E-state index is 5.58. The van der Waals surface area contributed by atoms with Crippen LogP contribution >= 0.6 is 11.8 Å². The Hall–Kier alpha value is -7.92. The summed E-state index contributed by atoms with van der Waals surface area (Å²) in [7, 11) is 0. The van der Waals surface area contributed by atoms with Crippen molar-refractivity contribution in [1.82, 2.24) is 15.0 Å². The Kier molecular flexibility index (Phi) is 8.37. The minimum atomic E-state index is -0.482. The third-order valence-corrected chi connectivity index (χ3v) is 14.3. The Morgan fingerprint density at radius 2 is 0.891 bits per heavy atom. The van der Waals surface area contributed by atoms with E-state index in [9.17, 15) is 0 Å². The number of hydrogen-bond acceptors (Lipinski definition) is 4. The van der Waals surface area contributed by atoms with Crippen LogP contribution in [0.3, 0.4) is 0 Å². The second-order valence-corrected chi connectivity index (χ2v) is 17.7. The molecule has 0 fully saturated rings. The summed E-state index contributed by atoms with van der Waals surface area (Å²) < 4.78 is 0. The Balaban J connectivity index is 1.08. The first-order valence-corrected chi connectivity index (χ1v) is 22.6. The summed E-state index contributed by atoms with van der Waals surface area (Å²) in [5.74, 6) is 0.681. The lowest BCUT2D eigenvalue weighted by Crippen LogP contribution is -2.31. The fourth-order valence-electron chi connectivity index (χ4n) is 10.4. The number of aromatic nitrogens is 3. The first-order chi connectivity index (χ1) is 31.7. The molecule has 298 valence electrons. The van der Waals surface area contributed by atoms with Gasteiger partial charge in [-0.25, -0.2) is 15.0 Å². The van der Waals surface area contributed by atoms with Crippen molar-refractivity contribution >= 4 is 33.4 Å². The summed E-state index contributed by atoms with van der Waals surface area (Å²) in [4.78, 5) is 18.6. The summed E-state index contributed by atoms with van der Waals surface area (Å²) >= 11 is 1.88. The van der Waals surface area contributed by atoms with Crippen LogP contribution in [0.15, 0.2) is 234 Å². The van der Waals surface area contributed by atoms with Gasteiger partial charge in [0.05, 0.1) is 28.0 Å². The molecular formula is C60H37N3S. The maximum atomic E-state index is 5.58. The molecule has 13 rings (SSSR count). The van der Waals surface area contributed by atoms with Crippen molar-refractivity contribution in [2.24, 2.45) is 0 Å². The van der Waals surface area contributed by atoms with Crippen molar-refractivity contribution in [3.63, 3.8) is 0 Å². The van der Waals surface area contributed by atoms with E-state index in [0.717, 1.165) is 61.2 Å². The smallest absolute Gasteiger partial charge is 0.160 e. The van der Waals surface area contributed by atoms with Gasteiger partial charge in [-0.05, 0) is 74.8 Å². The lowest BCUT2D eigenvalue weighted by atomic mass is 9.67. The third-order valence-electron chi connectivity index (χ3n) is 13.1. The van der Waals surface area contributed by atoms with E-state index >= 15 is 0 Å². The average Bonchev–Trinajstić information content (AvgIpc) is 3.67. The van der Waals surface area contributed by atoms with Crippen molar-refractivity contribution in [2.75, 3.05) is 0 Å². The van der Waals surface area contributed by atoms with Crippen molar-refractivity contribution in [1.29, 1.82) is 0 Å². The number of fused-ring (bicyclic) bond motifs is 13. The highest BCUT2D eigenvalue weighted by Gasteiger charge is 2.50. The molecule has 4 heteroatoms. The zero-order valence-corrected chi connectivity index (χ0v) is 35.4. The predicted octanol–water partition coefficient (Wildman–Crippen LogP) is 15.3. The molecule has 0 unspecified atom stereocenters. The molecule has 2 aliphatic rings. The van der Waals surface area contributed by atoms with Gasteiger partial charge >= 0.3 is 0 Å². The molecule has 2 aromatic heterocycles. The summed E-state index contributed by atoms with van der Waals surface area (Å²) in [5, 5.41) is 3.47. The van der Waals surface area contributed by atoms with Gasteiger partial charge in [-0.3, -0.25) is 0 Å². The van der Waals surface area contributed by atoms with E-state index in [0.29, 0.717) is 5.82 Å². The molecule has 0 amide bonds. The van der Waals surface area contributed by atoms with Crippen LogP contribution in [0.5, 0.6) is 0 Å². The maximum Gasteiger partial charge on any atom is 0.160 e. The number of rotatable bonds is 5. The predicted molar refractivity (Wildman–Crippen MR) is 263 cm³/mol. The number of hydrogen-bond donors (Lipinski definition) is 0. The fraction of sp³-hybridized carbons (Fsp3) is 0.0167. The molecule has 1 spiro atoms. The van der Waals surface area contributed by atoms with Crippen LogP contribution in [0.4, 0.5) is 0 Å². The van der Waals surface area contributed by atoms with Gasteiger partial charge < -0.3 is 0 Å². The first kappa shape index (κ1) is 36.7. The van der Waals surface area contributed by atoms with E-state index in [-0.39, 0.29) is 0 Å². The SMILES string of the molecule is c1ccc(-c2cccc(-c3cc(-c4ccc5c(c4)nc(-c4ccccc4)c4ccc6c(c45)-c4ccccc4C64c5ccccc5Sc5ccccc54)nc(-c4ccccc4)n3)c2)cc1. The summed E-state index contributed by atoms with van der Waals surface area (Å²) in [6.45, 7) is 0. The molecule has 0 saturated carbocycles. The van der Waals surface area contributed by atoms with Crippen LogP contribution in [0.25, 0.3) is 89.1 Å². The molecule has 3 nitrogen and oxygen atoms in total. The van der Waals surface area contributed by atoms with Crippen LogP contribution < -0.4 is 0 Å². The number of pyridine rings is 1. The van der Waals surface area contributed by atoms with Gasteiger partial charge in [0.1, 0.15) is 0 Å². The van der Waals surface area contributed by atoms with Crippen LogP contribution in [-0.4, -0.2) is 15.0 Å². The minimum absolute atomic E-state index is 0.482. The van der Waals surface area contributed by atoms with E-state index < -0.39 is 5.41 Å². The molecule has 0 atom stereocenters. The molecule has 9 aromatic carbocycles. The van der Waals surface area contributed by atoms with Crippen molar-refractivity contribution in [3.05, 3.63) is 247 Å². The van der Waals surface area contributed by atoms with Gasteiger partial charge in [0.15, 0.2) is 5.82 Å². The van der Waals surface area contributed by atoms with Crippen LogP contribution in [-0.2, 0) is 5.41 Å². The molecule has 0 radical (unpaired) electrons. The normalized spacial score (nSPS) is 13.1. The largest absolute Gasteiger partial charge is 0.247 e. The standard InChI is InChI=1S/C60H37N3S/c1-4-17-38(18-5-1)41-23-16-24-42(35-41)51-37-52(63-59(62-51)40-21-8-3-9-22-40)43-31-32-45-53(36-43)61-58(39-19-6-2-7-20-39)46-33-34-50-57(56(45)46)44-25-10-11-26-47(44)60(50)48-27-12-14-29-54(48)64-55-30-15-13-28-49(55)60/h1-37H. The van der Waals surface area contributed by atoms with Crippen LogP contribution in [0.2, 0.25) is 0 Å². The zero-order chi connectivity index (χ0) is 42.2. The van der Waals surface area contributed by atoms with E-state index in [1.807, 2.05) is 30.0 Å². The van der Waals surface area contributed by atoms with Crippen LogP contribution in [0.1, 0.15) is 22.3 Å². The monoisotopic (exact) mass is 831 g/mol. The number of nitrogens with zero attached hydrogens (tertiary/aromatic N) is 3. The van der Waals surface area contributed by atoms with Crippen molar-refractivity contribution in [2.45, 2.75) is 15.2 Å². The fourth-order valence-corrected chi connectivity index (χ4v) is 11.6. The van der Waals surface area contributed by atoms with Gasteiger partial charge in [-0.15, -0.1) is 0 Å². The molecule has 0 saturated heterocycles. The van der Waals surface area contributed by atoms with Gasteiger partial charge in [0.2, 0.25) is 0 Å².